The van der Waals surface area contributed by atoms with Crippen LogP contribution in [0.1, 0.15) is 12.5 Å². The second kappa shape index (κ2) is 8.90. The quantitative estimate of drug-likeness (QED) is 0.575. The normalized spacial score (nSPS) is 10.7. The highest BCUT2D eigenvalue weighted by Gasteiger charge is 2.11. The van der Waals surface area contributed by atoms with Crippen molar-refractivity contribution in [2.45, 2.75) is 6.92 Å². The summed E-state index contributed by atoms with van der Waals surface area (Å²) in [7, 11) is 1.54. The van der Waals surface area contributed by atoms with Crippen molar-refractivity contribution >= 4 is 33.6 Å². The molecule has 2 rings (SSSR count). The van der Waals surface area contributed by atoms with Gasteiger partial charge < -0.3 is 14.8 Å². The number of methoxy groups -OCH3 is 1. The first-order valence-corrected chi connectivity index (χ1v) is 8.36. The number of halogens is 1. The molecule has 0 aliphatic heterocycles. The van der Waals surface area contributed by atoms with Gasteiger partial charge in [-0.1, -0.05) is 22.0 Å². The summed E-state index contributed by atoms with van der Waals surface area (Å²) < 4.78 is 11.6. The van der Waals surface area contributed by atoms with Crippen molar-refractivity contribution in [2.75, 3.05) is 19.0 Å². The second-order valence-electron chi connectivity index (χ2n) is 4.97. The molecule has 0 heterocycles. The van der Waals surface area contributed by atoms with E-state index in [1.807, 2.05) is 25.1 Å². The van der Waals surface area contributed by atoms with E-state index >= 15 is 0 Å². The van der Waals surface area contributed by atoms with Gasteiger partial charge in [0.25, 0.3) is 5.91 Å². The zero-order valence-electron chi connectivity index (χ0n) is 13.9. The maximum atomic E-state index is 12.3. The zero-order chi connectivity index (χ0) is 18.2. The SMILES string of the molecule is CCOc1ccc(/C=C(/C#N)C(=O)Nc2ccc(Br)cc2)cc1OC. The third-order valence-electron chi connectivity index (χ3n) is 3.27. The summed E-state index contributed by atoms with van der Waals surface area (Å²) >= 11 is 3.33. The Kier molecular flexibility index (Phi) is 6.61. The van der Waals surface area contributed by atoms with Crippen LogP contribution in [0.25, 0.3) is 6.08 Å². The predicted molar refractivity (Wildman–Crippen MR) is 101 cm³/mol. The number of nitrogens with zero attached hydrogens (tertiary/aromatic N) is 1. The summed E-state index contributed by atoms with van der Waals surface area (Å²) in [5.41, 5.74) is 1.27. The van der Waals surface area contributed by atoms with Crippen LogP contribution in [-0.4, -0.2) is 19.6 Å². The van der Waals surface area contributed by atoms with Gasteiger partial charge >= 0.3 is 0 Å². The van der Waals surface area contributed by atoms with Crippen LogP contribution in [0, 0.1) is 11.3 Å². The lowest BCUT2D eigenvalue weighted by Crippen LogP contribution is -2.13. The Labute approximate surface area is 155 Å². The van der Waals surface area contributed by atoms with Gasteiger partial charge in [-0.25, -0.2) is 0 Å². The molecule has 0 aromatic heterocycles. The van der Waals surface area contributed by atoms with E-state index < -0.39 is 5.91 Å². The van der Waals surface area contributed by atoms with Crippen molar-refractivity contribution in [2.24, 2.45) is 0 Å². The molecular formula is C19H17BrN2O3. The number of carbonyl (C=O) groups excluding carboxylic acids is 1. The van der Waals surface area contributed by atoms with E-state index in [0.717, 1.165) is 4.47 Å². The lowest BCUT2D eigenvalue weighted by atomic mass is 10.1. The highest BCUT2D eigenvalue weighted by Crippen LogP contribution is 2.29. The van der Waals surface area contributed by atoms with Crippen LogP contribution < -0.4 is 14.8 Å². The van der Waals surface area contributed by atoms with Crippen LogP contribution in [0.2, 0.25) is 0 Å². The molecule has 1 amide bonds. The Balaban J connectivity index is 2.22. The molecule has 128 valence electrons. The first kappa shape index (κ1) is 18.6. The molecule has 0 atom stereocenters. The van der Waals surface area contributed by atoms with Crippen molar-refractivity contribution in [1.82, 2.24) is 0 Å². The molecule has 1 N–H and O–H groups in total. The first-order valence-electron chi connectivity index (χ1n) is 7.57. The summed E-state index contributed by atoms with van der Waals surface area (Å²) in [5, 5.41) is 12.0. The number of nitrogens with one attached hydrogen (secondary N) is 1. The number of anilines is 1. The van der Waals surface area contributed by atoms with Crippen LogP contribution in [0.15, 0.2) is 52.5 Å². The van der Waals surface area contributed by atoms with Gasteiger partial charge in [0.2, 0.25) is 0 Å². The molecule has 0 aliphatic rings. The van der Waals surface area contributed by atoms with Crippen molar-refractivity contribution in [1.29, 1.82) is 5.26 Å². The number of hydrogen-bond acceptors (Lipinski definition) is 4. The van der Waals surface area contributed by atoms with Crippen molar-refractivity contribution in [3.05, 3.63) is 58.1 Å². The lowest BCUT2D eigenvalue weighted by molar-refractivity contribution is -0.112. The molecule has 0 saturated heterocycles. The zero-order valence-corrected chi connectivity index (χ0v) is 15.5. The third-order valence-corrected chi connectivity index (χ3v) is 3.79. The first-order chi connectivity index (χ1) is 12.1. The number of carbonyl (C=O) groups is 1. The standard InChI is InChI=1S/C19H17BrN2O3/c1-3-25-17-9-4-13(11-18(17)24-2)10-14(12-21)19(23)22-16-7-5-15(20)6-8-16/h4-11H,3H2,1-2H3,(H,22,23)/b14-10-. The summed E-state index contributed by atoms with van der Waals surface area (Å²) in [6.45, 7) is 2.40. The van der Waals surface area contributed by atoms with Gasteiger partial charge in [0.15, 0.2) is 11.5 Å². The smallest absolute Gasteiger partial charge is 0.266 e. The number of nitriles is 1. The average Bonchev–Trinajstić information content (AvgIpc) is 2.62. The fraction of sp³-hybridized carbons (Fsp3) is 0.158. The largest absolute Gasteiger partial charge is 0.493 e. The Morgan fingerprint density at radius 2 is 1.96 bits per heavy atom. The Hall–Kier alpha value is -2.78. The fourth-order valence-electron chi connectivity index (χ4n) is 2.10. The molecule has 0 bridgehead atoms. The van der Waals surface area contributed by atoms with Crippen LogP contribution in [0.4, 0.5) is 5.69 Å². The number of hydrogen-bond donors (Lipinski definition) is 1. The molecule has 0 saturated carbocycles. The number of rotatable bonds is 6. The molecule has 2 aromatic carbocycles. The Morgan fingerprint density at radius 3 is 2.56 bits per heavy atom. The summed E-state index contributed by atoms with van der Waals surface area (Å²) in [6, 6.07) is 14.3. The molecule has 25 heavy (non-hydrogen) atoms. The Morgan fingerprint density at radius 1 is 1.24 bits per heavy atom. The topological polar surface area (TPSA) is 71.3 Å². The third kappa shape index (κ3) is 5.10. The minimum absolute atomic E-state index is 0.00543. The van der Waals surface area contributed by atoms with Crippen LogP contribution in [0.5, 0.6) is 11.5 Å². The van der Waals surface area contributed by atoms with Gasteiger partial charge in [-0.3, -0.25) is 4.79 Å². The van der Waals surface area contributed by atoms with Gasteiger partial charge in [0.05, 0.1) is 13.7 Å². The van der Waals surface area contributed by atoms with Crippen molar-refractivity contribution in [3.63, 3.8) is 0 Å². The Bertz CT molecular complexity index is 824. The van der Waals surface area contributed by atoms with E-state index in [1.165, 1.54) is 13.2 Å². The van der Waals surface area contributed by atoms with E-state index in [4.69, 9.17) is 9.47 Å². The molecule has 0 aliphatic carbocycles. The molecule has 2 aromatic rings. The van der Waals surface area contributed by atoms with E-state index in [9.17, 15) is 10.1 Å². The number of amides is 1. The molecule has 0 unspecified atom stereocenters. The van der Waals surface area contributed by atoms with Crippen molar-refractivity contribution in [3.8, 4) is 17.6 Å². The average molecular weight is 401 g/mol. The van der Waals surface area contributed by atoms with Crippen LogP contribution >= 0.6 is 15.9 Å². The van der Waals surface area contributed by atoms with E-state index in [1.54, 1.807) is 30.3 Å². The van der Waals surface area contributed by atoms with E-state index in [2.05, 4.69) is 21.2 Å². The summed E-state index contributed by atoms with van der Waals surface area (Å²) in [5.74, 6) is 0.679. The molecule has 6 heteroatoms. The predicted octanol–water partition coefficient (Wildman–Crippen LogP) is 4.40. The highest BCUT2D eigenvalue weighted by molar-refractivity contribution is 9.10. The second-order valence-corrected chi connectivity index (χ2v) is 5.89. The summed E-state index contributed by atoms with van der Waals surface area (Å²) in [6.07, 6.45) is 1.51. The monoisotopic (exact) mass is 400 g/mol. The maximum Gasteiger partial charge on any atom is 0.266 e. The summed E-state index contributed by atoms with van der Waals surface area (Å²) in [4.78, 5) is 12.3. The molecule has 0 fully saturated rings. The van der Waals surface area contributed by atoms with Gasteiger partial charge in [-0.2, -0.15) is 5.26 Å². The van der Waals surface area contributed by atoms with Gasteiger partial charge in [0, 0.05) is 10.2 Å². The van der Waals surface area contributed by atoms with Crippen molar-refractivity contribution < 1.29 is 14.3 Å². The van der Waals surface area contributed by atoms with Gasteiger partial charge in [0.1, 0.15) is 11.6 Å². The number of ether oxygens (including phenoxy) is 2. The minimum atomic E-state index is -0.474. The van der Waals surface area contributed by atoms with E-state index in [0.29, 0.717) is 29.4 Å². The molecular weight excluding hydrogens is 384 g/mol. The molecule has 5 nitrogen and oxygen atoms in total. The van der Waals surface area contributed by atoms with Crippen LogP contribution in [0.3, 0.4) is 0 Å². The molecule has 0 spiro atoms. The molecule has 0 radical (unpaired) electrons. The van der Waals surface area contributed by atoms with Gasteiger partial charge in [-0.05, 0) is 55.0 Å². The fourth-order valence-corrected chi connectivity index (χ4v) is 2.36. The highest BCUT2D eigenvalue weighted by atomic mass is 79.9. The minimum Gasteiger partial charge on any atom is -0.493 e. The van der Waals surface area contributed by atoms with E-state index in [-0.39, 0.29) is 5.57 Å². The lowest BCUT2D eigenvalue weighted by Gasteiger charge is -2.10. The number of benzene rings is 2. The maximum absolute atomic E-state index is 12.3. The van der Waals surface area contributed by atoms with Gasteiger partial charge in [-0.15, -0.1) is 0 Å². The van der Waals surface area contributed by atoms with Crippen LogP contribution in [-0.2, 0) is 4.79 Å².